The predicted molar refractivity (Wildman–Crippen MR) is 263 cm³/mol. The van der Waals surface area contributed by atoms with Crippen LogP contribution in [0, 0.1) is 5.41 Å². The summed E-state index contributed by atoms with van der Waals surface area (Å²) in [5.41, 5.74) is 16.7. The topological polar surface area (TPSA) is 113 Å². The van der Waals surface area contributed by atoms with Gasteiger partial charge in [0.25, 0.3) is 0 Å². The van der Waals surface area contributed by atoms with Crippen LogP contribution in [-0.4, -0.2) is 114 Å². The average molecular weight is 858 g/mol. The average Bonchev–Trinajstić information content (AvgIpc) is 3.22. The molecule has 1 heterocycles. The predicted octanol–water partition coefficient (Wildman–Crippen LogP) is 6.86. The van der Waals surface area contributed by atoms with Crippen LogP contribution in [0.25, 0.3) is 0 Å². The van der Waals surface area contributed by atoms with Crippen LogP contribution in [0.15, 0.2) is 29.3 Å². The second-order valence-electron chi connectivity index (χ2n) is 19.0. The number of hydrogen-bond acceptors (Lipinski definition) is 7. The fraction of sp³-hybridized carbons (Fsp3) is 0.720. The maximum Gasteiger partial charge on any atom is 0.176 e. The van der Waals surface area contributed by atoms with Crippen molar-refractivity contribution in [1.29, 1.82) is 5.41 Å². The Balaban J connectivity index is 0.00000242. The van der Waals surface area contributed by atoms with Gasteiger partial charge in [-0.1, -0.05) is 107 Å². The van der Waals surface area contributed by atoms with Crippen molar-refractivity contribution >= 4 is 24.0 Å². The van der Waals surface area contributed by atoms with Crippen molar-refractivity contribution in [2.24, 2.45) is 16.5 Å². The SMILES string of the molecule is CCC.CCC[NH+](CCN(C)CC)Cc1cc(C(C)(C)C)cc(C=NC2CCCCC2)c1CC(Cl)Oc1c(C=N)cc(C(C)(C)C)cc1C[NH+]1CCN(C)CC1.CN.CN. The van der Waals surface area contributed by atoms with Gasteiger partial charge in [0.05, 0.1) is 26.2 Å². The summed E-state index contributed by atoms with van der Waals surface area (Å²) >= 11 is 7.42. The monoisotopic (exact) mass is 857 g/mol. The van der Waals surface area contributed by atoms with Crippen molar-refractivity contribution in [3.8, 4) is 5.75 Å². The van der Waals surface area contributed by atoms with Crippen molar-refractivity contribution in [2.75, 3.05) is 80.5 Å². The van der Waals surface area contributed by atoms with E-state index in [2.05, 4.69) is 135 Å². The summed E-state index contributed by atoms with van der Waals surface area (Å²) in [5, 5.41) is 8.51. The largest absolute Gasteiger partial charge is 0.473 e. The Labute approximate surface area is 374 Å². The van der Waals surface area contributed by atoms with Crippen LogP contribution >= 0.6 is 11.6 Å². The highest BCUT2D eigenvalue weighted by atomic mass is 35.5. The van der Waals surface area contributed by atoms with E-state index in [1.165, 1.54) is 86.7 Å². The molecule has 0 bridgehead atoms. The first-order valence-corrected chi connectivity index (χ1v) is 23.8. The summed E-state index contributed by atoms with van der Waals surface area (Å²) in [7, 11) is 7.43. The Morgan fingerprint density at radius 1 is 0.900 bits per heavy atom. The fourth-order valence-electron chi connectivity index (χ4n) is 7.80. The number of nitrogens with two attached hydrogens (primary N) is 2. The van der Waals surface area contributed by atoms with E-state index < -0.39 is 5.56 Å². The van der Waals surface area contributed by atoms with Crippen molar-refractivity contribution in [3.05, 3.63) is 63.2 Å². The Kier molecular flexibility index (Phi) is 27.0. The fourth-order valence-corrected chi connectivity index (χ4v) is 8.04. The molecule has 1 saturated carbocycles. The minimum absolute atomic E-state index is 0.000914. The lowest BCUT2D eigenvalue weighted by atomic mass is 9.82. The third-order valence-electron chi connectivity index (χ3n) is 11.6. The minimum Gasteiger partial charge on any atom is -0.473 e. The number of hydrogen-bond donors (Lipinski definition) is 5. The molecule has 9 nitrogen and oxygen atoms in total. The lowest BCUT2D eigenvalue weighted by Gasteiger charge is -2.31. The molecule has 2 aromatic carbocycles. The van der Waals surface area contributed by atoms with Crippen LogP contribution in [0.3, 0.4) is 0 Å². The molecule has 60 heavy (non-hydrogen) atoms. The van der Waals surface area contributed by atoms with Gasteiger partial charge in [0.1, 0.15) is 18.8 Å². The molecule has 2 unspecified atom stereocenters. The summed E-state index contributed by atoms with van der Waals surface area (Å²) in [4.78, 5) is 13.2. The number of rotatable bonds is 17. The molecule has 344 valence electrons. The van der Waals surface area contributed by atoms with E-state index in [9.17, 15) is 0 Å². The van der Waals surface area contributed by atoms with E-state index in [0.29, 0.717) is 12.5 Å². The van der Waals surface area contributed by atoms with E-state index in [1.54, 1.807) is 9.80 Å². The van der Waals surface area contributed by atoms with E-state index in [4.69, 9.17) is 26.7 Å². The maximum absolute atomic E-state index is 8.51. The van der Waals surface area contributed by atoms with Crippen molar-refractivity contribution in [3.63, 3.8) is 0 Å². The van der Waals surface area contributed by atoms with Crippen LogP contribution in [-0.2, 0) is 30.3 Å². The zero-order valence-electron chi connectivity index (χ0n) is 41.1. The Morgan fingerprint density at radius 3 is 1.97 bits per heavy atom. The number of quaternary nitrogens is 2. The van der Waals surface area contributed by atoms with Crippen LogP contribution in [0.2, 0.25) is 0 Å². The molecule has 0 amide bonds. The van der Waals surface area contributed by atoms with Gasteiger partial charge in [0.15, 0.2) is 5.56 Å². The van der Waals surface area contributed by atoms with Crippen LogP contribution in [0.1, 0.15) is 153 Å². The molecule has 1 saturated heterocycles. The van der Waals surface area contributed by atoms with Crippen LogP contribution in [0.4, 0.5) is 0 Å². The lowest BCUT2D eigenvalue weighted by Crippen LogP contribution is -3.13. The highest BCUT2D eigenvalue weighted by Gasteiger charge is 2.27. The van der Waals surface area contributed by atoms with Crippen LogP contribution < -0.4 is 26.0 Å². The number of benzene rings is 2. The molecule has 2 aliphatic rings. The summed E-state index contributed by atoms with van der Waals surface area (Å²) < 4.78 is 6.88. The van der Waals surface area contributed by atoms with Gasteiger partial charge >= 0.3 is 0 Å². The second-order valence-corrected chi connectivity index (χ2v) is 19.4. The number of ether oxygens (including phenoxy) is 1. The summed E-state index contributed by atoms with van der Waals surface area (Å²) in [6, 6.07) is 9.69. The van der Waals surface area contributed by atoms with Gasteiger partial charge in [-0.25, -0.2) is 0 Å². The van der Waals surface area contributed by atoms with Crippen molar-refractivity contribution in [2.45, 2.75) is 156 Å². The molecule has 2 aromatic rings. The number of halogens is 1. The second kappa shape index (κ2) is 29.1. The normalized spacial score (nSPS) is 16.6. The van der Waals surface area contributed by atoms with Gasteiger partial charge in [-0.05, 0) is 111 Å². The van der Waals surface area contributed by atoms with Gasteiger partial charge in [0.2, 0.25) is 0 Å². The smallest absolute Gasteiger partial charge is 0.176 e. The molecule has 2 atom stereocenters. The Morgan fingerprint density at radius 2 is 1.45 bits per heavy atom. The first-order valence-electron chi connectivity index (χ1n) is 23.4. The molecule has 0 aromatic heterocycles. The summed E-state index contributed by atoms with van der Waals surface area (Å²) in [6.45, 7) is 33.0. The quantitative estimate of drug-likeness (QED) is 0.0883. The third kappa shape index (κ3) is 19.3. The highest BCUT2D eigenvalue weighted by molar-refractivity contribution is 6.20. The summed E-state index contributed by atoms with van der Waals surface area (Å²) in [6.07, 6.45) is 12.8. The molecular weight excluding hydrogens is 764 g/mol. The first-order chi connectivity index (χ1) is 28.5. The van der Waals surface area contributed by atoms with Crippen molar-refractivity contribution in [1.82, 2.24) is 9.80 Å². The van der Waals surface area contributed by atoms with Crippen molar-refractivity contribution < 1.29 is 14.5 Å². The maximum atomic E-state index is 8.51. The molecule has 1 aliphatic heterocycles. The van der Waals surface area contributed by atoms with Gasteiger partial charge in [-0.3, -0.25) is 9.89 Å². The lowest BCUT2D eigenvalue weighted by molar-refractivity contribution is -0.918. The number of nitrogens with zero attached hydrogens (tertiary/aromatic N) is 3. The van der Waals surface area contributed by atoms with Crippen LogP contribution in [0.5, 0.6) is 5.75 Å². The van der Waals surface area contributed by atoms with Gasteiger partial charge < -0.3 is 36.3 Å². The summed E-state index contributed by atoms with van der Waals surface area (Å²) in [5.74, 6) is 0.769. The van der Waals surface area contributed by atoms with E-state index in [-0.39, 0.29) is 10.8 Å². The third-order valence-corrected chi connectivity index (χ3v) is 11.9. The number of alkyl halides is 1. The Bertz CT molecular complexity index is 1500. The van der Waals surface area contributed by atoms with Gasteiger partial charge in [0, 0.05) is 61.2 Å². The van der Waals surface area contributed by atoms with E-state index >= 15 is 0 Å². The Hall–Kier alpha value is -2.37. The molecule has 7 N–H and O–H groups in total. The molecule has 0 spiro atoms. The highest BCUT2D eigenvalue weighted by Crippen LogP contribution is 2.34. The molecule has 1 aliphatic carbocycles. The molecular formula is C50H93ClN8O+2. The molecule has 4 rings (SSSR count). The number of likely N-dealkylation sites (N-methyl/N-ethyl adjacent to an activating group) is 2. The number of piperazine rings is 1. The van der Waals surface area contributed by atoms with Gasteiger partial charge in [-0.15, -0.1) is 0 Å². The first kappa shape index (κ1) is 55.6. The minimum atomic E-state index is -0.600. The number of nitrogens with one attached hydrogen (secondary N) is 3. The molecule has 2 fully saturated rings. The standard InChI is InChI=1S/C45H73ClN6O.C3H8.2CH5N/c1-11-18-51(22-19-49(9)12-2)32-36-27-39(45(6,7)8)26-35(31-48-40-16-14-13-15-17-40)41(36)29-42(46)53-43-34(30-47)25-38(44(3,4)5)28-37(43)33-52-23-20-50(10)21-24-52;1-3-2;2*1-2/h25-28,30-31,40,42,47H,11-24,29,32-33H2,1-10H3;3H2,1-2H3;2*2H2,1H3/p+2. The van der Waals surface area contributed by atoms with E-state index in [1.807, 2.05) is 0 Å². The zero-order chi connectivity index (χ0) is 45.5. The molecule has 10 heteroatoms. The molecule has 0 radical (unpaired) electrons. The van der Waals surface area contributed by atoms with E-state index in [0.717, 1.165) is 88.7 Å². The number of aliphatic imine (C=N–C) groups is 1. The van der Waals surface area contributed by atoms with Gasteiger partial charge in [-0.2, -0.15) is 0 Å². The zero-order valence-corrected chi connectivity index (χ0v) is 41.9.